The van der Waals surface area contributed by atoms with E-state index in [0.29, 0.717) is 5.96 Å². The molecule has 0 aromatic heterocycles. The topological polar surface area (TPSA) is 56.7 Å². The number of aliphatic imine (C=N–C) groups is 1. The average molecular weight is 319 g/mol. The first-order chi connectivity index (χ1) is 9.61. The quantitative estimate of drug-likeness (QED) is 0.271. The highest BCUT2D eigenvalue weighted by Crippen LogP contribution is 1.97. The Morgan fingerprint density at radius 3 is 2.50 bits per heavy atom. The van der Waals surface area contributed by atoms with Crippen molar-refractivity contribution >= 4 is 35.4 Å². The van der Waals surface area contributed by atoms with Gasteiger partial charge in [0, 0.05) is 44.4 Å². The maximum Gasteiger partial charge on any atom is 0.243 e. The van der Waals surface area contributed by atoms with Crippen LogP contribution in [0, 0.1) is 0 Å². The van der Waals surface area contributed by atoms with Gasteiger partial charge in [0.1, 0.15) is 6.54 Å². The Labute approximate surface area is 131 Å². The van der Waals surface area contributed by atoms with Gasteiger partial charge in [0.05, 0.1) is 0 Å². The Balaban J connectivity index is 4.14. The van der Waals surface area contributed by atoms with Crippen LogP contribution in [0.5, 0.6) is 0 Å². The van der Waals surface area contributed by atoms with Crippen molar-refractivity contribution in [3.63, 3.8) is 0 Å². The van der Waals surface area contributed by atoms with E-state index >= 15 is 0 Å². The maximum atomic E-state index is 11.5. The van der Waals surface area contributed by atoms with E-state index in [2.05, 4.69) is 28.5 Å². The highest BCUT2D eigenvalue weighted by Gasteiger charge is 2.04. The number of guanidine groups is 1. The Bertz CT molecular complexity index is 309. The highest BCUT2D eigenvalue weighted by atomic mass is 32.2. The maximum absolute atomic E-state index is 11.5. The van der Waals surface area contributed by atoms with Gasteiger partial charge in [0.25, 0.3) is 0 Å². The zero-order chi connectivity index (χ0) is 15.2. The van der Waals surface area contributed by atoms with Crippen LogP contribution < -0.4 is 10.6 Å². The SMILES string of the molecule is C=CCSCCNC(=NCC(=O)N(C)C)NCCSC. The minimum absolute atomic E-state index is 0.00278. The van der Waals surface area contributed by atoms with E-state index in [1.54, 1.807) is 30.8 Å². The molecule has 0 bridgehead atoms. The first kappa shape index (κ1) is 19.2. The van der Waals surface area contributed by atoms with Crippen LogP contribution in [0.4, 0.5) is 0 Å². The van der Waals surface area contributed by atoms with Crippen LogP contribution >= 0.6 is 23.5 Å². The predicted molar refractivity (Wildman–Crippen MR) is 92.9 cm³/mol. The number of carbonyl (C=O) groups is 1. The number of rotatable bonds is 10. The molecule has 0 aromatic rings. The van der Waals surface area contributed by atoms with Crippen LogP contribution in [0.2, 0.25) is 0 Å². The van der Waals surface area contributed by atoms with Gasteiger partial charge in [-0.1, -0.05) is 6.08 Å². The molecule has 0 aliphatic rings. The van der Waals surface area contributed by atoms with E-state index in [0.717, 1.165) is 30.3 Å². The van der Waals surface area contributed by atoms with Gasteiger partial charge < -0.3 is 15.5 Å². The van der Waals surface area contributed by atoms with Crippen molar-refractivity contribution in [3.05, 3.63) is 12.7 Å². The third-order valence-corrected chi connectivity index (χ3v) is 3.82. The lowest BCUT2D eigenvalue weighted by atomic mass is 10.5. The Morgan fingerprint density at radius 1 is 1.30 bits per heavy atom. The zero-order valence-corrected chi connectivity index (χ0v) is 14.3. The van der Waals surface area contributed by atoms with Gasteiger partial charge >= 0.3 is 0 Å². The number of hydrogen-bond donors (Lipinski definition) is 2. The molecular weight excluding hydrogens is 292 g/mol. The van der Waals surface area contributed by atoms with E-state index in [4.69, 9.17) is 0 Å². The molecule has 0 saturated heterocycles. The molecule has 0 atom stereocenters. The Hall–Kier alpha value is -0.820. The van der Waals surface area contributed by atoms with Crippen molar-refractivity contribution in [1.82, 2.24) is 15.5 Å². The van der Waals surface area contributed by atoms with E-state index in [-0.39, 0.29) is 12.5 Å². The summed E-state index contributed by atoms with van der Waals surface area (Å²) in [6.45, 7) is 5.51. The van der Waals surface area contributed by atoms with E-state index in [1.807, 2.05) is 17.8 Å². The van der Waals surface area contributed by atoms with Crippen molar-refractivity contribution in [2.24, 2.45) is 4.99 Å². The zero-order valence-electron chi connectivity index (χ0n) is 12.6. The largest absolute Gasteiger partial charge is 0.356 e. The monoisotopic (exact) mass is 318 g/mol. The fourth-order valence-corrected chi connectivity index (χ4v) is 2.03. The summed E-state index contributed by atoms with van der Waals surface area (Å²) in [6.07, 6.45) is 3.96. The normalized spacial score (nSPS) is 11.1. The molecular formula is C13H26N4OS2. The first-order valence-electron chi connectivity index (χ1n) is 6.51. The smallest absolute Gasteiger partial charge is 0.243 e. The number of nitrogens with zero attached hydrogens (tertiary/aromatic N) is 2. The van der Waals surface area contributed by atoms with Crippen molar-refractivity contribution < 1.29 is 4.79 Å². The molecule has 5 nitrogen and oxygen atoms in total. The molecule has 0 aliphatic carbocycles. The van der Waals surface area contributed by atoms with E-state index in [9.17, 15) is 4.79 Å². The van der Waals surface area contributed by atoms with E-state index in [1.165, 1.54) is 0 Å². The summed E-state index contributed by atoms with van der Waals surface area (Å²) in [7, 11) is 3.47. The number of amides is 1. The van der Waals surface area contributed by atoms with Gasteiger partial charge in [-0.25, -0.2) is 4.99 Å². The highest BCUT2D eigenvalue weighted by molar-refractivity contribution is 7.99. The van der Waals surface area contributed by atoms with Crippen LogP contribution in [0.15, 0.2) is 17.6 Å². The molecule has 116 valence electrons. The molecule has 0 radical (unpaired) electrons. The summed E-state index contributed by atoms with van der Waals surface area (Å²) in [5.41, 5.74) is 0. The number of nitrogens with one attached hydrogen (secondary N) is 2. The molecule has 2 N–H and O–H groups in total. The van der Waals surface area contributed by atoms with E-state index < -0.39 is 0 Å². The van der Waals surface area contributed by atoms with Crippen LogP contribution in [-0.2, 0) is 4.79 Å². The summed E-state index contributed by atoms with van der Waals surface area (Å²) in [4.78, 5) is 17.4. The lowest BCUT2D eigenvalue weighted by Gasteiger charge is -2.13. The number of likely N-dealkylation sites (N-methyl/N-ethyl adjacent to an activating group) is 1. The lowest BCUT2D eigenvalue weighted by molar-refractivity contribution is -0.127. The van der Waals surface area contributed by atoms with Gasteiger partial charge in [0.15, 0.2) is 5.96 Å². The molecule has 0 spiro atoms. The molecule has 0 unspecified atom stereocenters. The summed E-state index contributed by atoms with van der Waals surface area (Å²) in [5.74, 6) is 3.64. The second kappa shape index (κ2) is 13.2. The minimum Gasteiger partial charge on any atom is -0.356 e. The van der Waals surface area contributed by atoms with Crippen molar-refractivity contribution in [2.75, 3.05) is 57.2 Å². The van der Waals surface area contributed by atoms with Gasteiger partial charge in [-0.05, 0) is 6.26 Å². The molecule has 0 fully saturated rings. The van der Waals surface area contributed by atoms with Crippen LogP contribution in [0.3, 0.4) is 0 Å². The van der Waals surface area contributed by atoms with Gasteiger partial charge in [-0.2, -0.15) is 23.5 Å². The standard InChI is InChI=1S/C13H26N4OS2/c1-5-8-20-10-7-15-13(14-6-9-19-4)16-11-12(18)17(2)3/h5H,1,6-11H2,2-4H3,(H2,14,15,16). The summed E-state index contributed by atoms with van der Waals surface area (Å²) >= 11 is 3.58. The lowest BCUT2D eigenvalue weighted by Crippen LogP contribution is -2.40. The fraction of sp³-hybridized carbons (Fsp3) is 0.692. The fourth-order valence-electron chi connectivity index (χ4n) is 1.14. The first-order valence-corrected chi connectivity index (χ1v) is 9.06. The van der Waals surface area contributed by atoms with Gasteiger partial charge in [-0.3, -0.25) is 4.79 Å². The molecule has 0 saturated carbocycles. The molecule has 0 aromatic carbocycles. The van der Waals surface area contributed by atoms with Crippen molar-refractivity contribution in [3.8, 4) is 0 Å². The van der Waals surface area contributed by atoms with Crippen LogP contribution in [-0.4, -0.2) is 74.0 Å². The van der Waals surface area contributed by atoms with Crippen LogP contribution in [0.1, 0.15) is 0 Å². The molecule has 0 heterocycles. The molecule has 1 amide bonds. The molecule has 7 heteroatoms. The Morgan fingerprint density at radius 2 is 1.95 bits per heavy atom. The minimum atomic E-state index is -0.00278. The van der Waals surface area contributed by atoms with Crippen molar-refractivity contribution in [1.29, 1.82) is 0 Å². The summed E-state index contributed by atoms with van der Waals surface area (Å²) in [5, 5.41) is 6.46. The number of carbonyl (C=O) groups excluding carboxylic acids is 1. The second-order valence-electron chi connectivity index (χ2n) is 4.16. The Kier molecular flexibility index (Phi) is 12.6. The predicted octanol–water partition coefficient (Wildman–Crippen LogP) is 0.892. The van der Waals surface area contributed by atoms with Gasteiger partial charge in [0.2, 0.25) is 5.91 Å². The summed E-state index contributed by atoms with van der Waals surface area (Å²) in [6, 6.07) is 0. The number of thioether (sulfide) groups is 2. The number of hydrogen-bond acceptors (Lipinski definition) is 4. The molecule has 0 rings (SSSR count). The van der Waals surface area contributed by atoms with Crippen LogP contribution in [0.25, 0.3) is 0 Å². The molecule has 20 heavy (non-hydrogen) atoms. The third-order valence-electron chi connectivity index (χ3n) is 2.24. The summed E-state index contributed by atoms with van der Waals surface area (Å²) < 4.78 is 0. The van der Waals surface area contributed by atoms with Gasteiger partial charge in [-0.15, -0.1) is 6.58 Å². The second-order valence-corrected chi connectivity index (χ2v) is 6.30. The third kappa shape index (κ3) is 11.0. The molecule has 0 aliphatic heterocycles. The van der Waals surface area contributed by atoms with Crippen molar-refractivity contribution in [2.45, 2.75) is 0 Å². The average Bonchev–Trinajstić information content (AvgIpc) is 2.43.